The molecule has 0 aliphatic carbocycles. The van der Waals surface area contributed by atoms with Gasteiger partial charge in [0.05, 0.1) is 24.4 Å². The maximum atomic E-state index is 8.72. The first-order chi connectivity index (χ1) is 9.74. The average Bonchev–Trinajstić information content (AvgIpc) is 2.91. The van der Waals surface area contributed by atoms with Crippen molar-refractivity contribution >= 4 is 0 Å². The Morgan fingerprint density at radius 3 is 2.75 bits per heavy atom. The quantitative estimate of drug-likeness (QED) is 0.660. The van der Waals surface area contributed by atoms with Crippen LogP contribution in [-0.4, -0.2) is 41.5 Å². The molecule has 20 heavy (non-hydrogen) atoms. The molecule has 0 radical (unpaired) electrons. The summed E-state index contributed by atoms with van der Waals surface area (Å²) < 4.78 is 7.18. The van der Waals surface area contributed by atoms with Gasteiger partial charge in [-0.1, -0.05) is 13.8 Å². The molecule has 0 unspecified atom stereocenters. The Morgan fingerprint density at radius 1 is 1.40 bits per heavy atom. The van der Waals surface area contributed by atoms with Crippen LogP contribution in [-0.2, 0) is 11.3 Å². The molecule has 5 nitrogen and oxygen atoms in total. The maximum Gasteiger partial charge on any atom is 0.0764 e. The van der Waals surface area contributed by atoms with Crippen LogP contribution < -0.4 is 0 Å². The molecule has 5 heteroatoms. The first-order valence-electron chi connectivity index (χ1n) is 7.37. The minimum Gasteiger partial charge on any atom is -0.383 e. The summed E-state index contributed by atoms with van der Waals surface area (Å²) in [6.45, 7) is 7.42. The lowest BCUT2D eigenvalue weighted by molar-refractivity contribution is 0.144. The molecule has 1 rings (SSSR count). The lowest BCUT2D eigenvalue weighted by Gasteiger charge is -2.19. The Hall–Kier alpha value is -1.38. The molecule has 0 saturated carbocycles. The van der Waals surface area contributed by atoms with Crippen molar-refractivity contribution in [2.45, 2.75) is 45.7 Å². The standard InChI is InChI=1S/C15H26N4O/c1-4-15(5-2)19-10-7-14(17-19)13-18(9-6-8-16)11-12-20-3/h7,10,15H,4-6,9,11-13H2,1-3H3. The van der Waals surface area contributed by atoms with Crippen molar-refractivity contribution in [2.75, 3.05) is 26.8 Å². The van der Waals surface area contributed by atoms with Crippen LogP contribution in [0.1, 0.15) is 44.8 Å². The Balaban J connectivity index is 2.61. The maximum absolute atomic E-state index is 8.72. The molecule has 1 aromatic rings. The monoisotopic (exact) mass is 278 g/mol. The van der Waals surface area contributed by atoms with Crippen LogP contribution in [0, 0.1) is 11.3 Å². The summed E-state index contributed by atoms with van der Waals surface area (Å²) in [5.74, 6) is 0. The highest BCUT2D eigenvalue weighted by Gasteiger charge is 2.11. The molecule has 0 spiro atoms. The van der Waals surface area contributed by atoms with Gasteiger partial charge in [0.2, 0.25) is 0 Å². The Labute approximate surface area is 122 Å². The van der Waals surface area contributed by atoms with Crippen molar-refractivity contribution < 1.29 is 4.74 Å². The van der Waals surface area contributed by atoms with Crippen molar-refractivity contribution in [1.82, 2.24) is 14.7 Å². The molecule has 0 saturated heterocycles. The third-order valence-electron chi connectivity index (χ3n) is 3.52. The minimum atomic E-state index is 0.482. The highest BCUT2D eigenvalue weighted by Crippen LogP contribution is 2.15. The minimum absolute atomic E-state index is 0.482. The predicted octanol–water partition coefficient (Wildman–Crippen LogP) is 2.61. The molecule has 0 aliphatic rings. The van der Waals surface area contributed by atoms with Gasteiger partial charge in [0.15, 0.2) is 0 Å². The Kier molecular flexibility index (Phi) is 7.93. The van der Waals surface area contributed by atoms with E-state index >= 15 is 0 Å². The van der Waals surface area contributed by atoms with Crippen LogP contribution in [0.15, 0.2) is 12.3 Å². The van der Waals surface area contributed by atoms with E-state index < -0.39 is 0 Å². The Morgan fingerprint density at radius 2 is 2.15 bits per heavy atom. The fourth-order valence-electron chi connectivity index (χ4n) is 2.26. The summed E-state index contributed by atoms with van der Waals surface area (Å²) in [4.78, 5) is 2.21. The molecule has 0 amide bonds. The van der Waals surface area contributed by atoms with Gasteiger partial charge in [-0.2, -0.15) is 10.4 Å². The van der Waals surface area contributed by atoms with E-state index in [9.17, 15) is 0 Å². The molecule has 0 fully saturated rings. The summed E-state index contributed by atoms with van der Waals surface area (Å²) >= 11 is 0. The van der Waals surface area contributed by atoms with Crippen molar-refractivity contribution in [3.05, 3.63) is 18.0 Å². The molecule has 0 bridgehead atoms. The molecule has 1 aromatic heterocycles. The zero-order valence-electron chi connectivity index (χ0n) is 12.9. The number of aromatic nitrogens is 2. The average molecular weight is 278 g/mol. The van der Waals surface area contributed by atoms with E-state index in [1.54, 1.807) is 7.11 Å². The third kappa shape index (κ3) is 5.32. The summed E-state index contributed by atoms with van der Waals surface area (Å²) in [5.41, 5.74) is 1.06. The number of nitriles is 1. The van der Waals surface area contributed by atoms with Crippen molar-refractivity contribution in [2.24, 2.45) is 0 Å². The largest absolute Gasteiger partial charge is 0.383 e. The molecular formula is C15H26N4O. The zero-order chi connectivity index (χ0) is 14.8. The van der Waals surface area contributed by atoms with Crippen LogP contribution in [0.4, 0.5) is 0 Å². The second-order valence-corrected chi connectivity index (χ2v) is 4.93. The summed E-state index contributed by atoms with van der Waals surface area (Å²) in [6, 6.07) is 4.75. The van der Waals surface area contributed by atoms with Crippen LogP contribution in [0.3, 0.4) is 0 Å². The van der Waals surface area contributed by atoms with Gasteiger partial charge in [-0.3, -0.25) is 9.58 Å². The van der Waals surface area contributed by atoms with Crippen LogP contribution in [0.2, 0.25) is 0 Å². The number of hydrogen-bond acceptors (Lipinski definition) is 4. The molecular weight excluding hydrogens is 252 g/mol. The van der Waals surface area contributed by atoms with Crippen molar-refractivity contribution in [1.29, 1.82) is 5.26 Å². The van der Waals surface area contributed by atoms with Gasteiger partial charge < -0.3 is 4.74 Å². The third-order valence-corrected chi connectivity index (χ3v) is 3.52. The normalized spacial score (nSPS) is 11.2. The smallest absolute Gasteiger partial charge is 0.0764 e. The van der Waals surface area contributed by atoms with Gasteiger partial charge in [-0.25, -0.2) is 0 Å². The van der Waals surface area contributed by atoms with Gasteiger partial charge in [0, 0.05) is 39.4 Å². The van der Waals surface area contributed by atoms with E-state index in [0.29, 0.717) is 19.1 Å². The molecule has 0 atom stereocenters. The molecule has 0 aromatic carbocycles. The first kappa shape index (κ1) is 16.7. The number of nitrogens with zero attached hydrogens (tertiary/aromatic N) is 4. The number of rotatable bonds is 10. The first-order valence-corrected chi connectivity index (χ1v) is 7.37. The second kappa shape index (κ2) is 9.51. The number of ether oxygens (including phenoxy) is 1. The van der Waals surface area contributed by atoms with Crippen LogP contribution in [0.5, 0.6) is 0 Å². The summed E-state index contributed by atoms with van der Waals surface area (Å²) in [5, 5.41) is 13.4. The summed E-state index contributed by atoms with van der Waals surface area (Å²) in [7, 11) is 1.70. The van der Waals surface area contributed by atoms with Crippen molar-refractivity contribution in [3.63, 3.8) is 0 Å². The van der Waals surface area contributed by atoms with E-state index in [1.165, 1.54) is 0 Å². The van der Waals surface area contributed by atoms with E-state index in [2.05, 4.69) is 46.9 Å². The predicted molar refractivity (Wildman–Crippen MR) is 79.2 cm³/mol. The SMILES string of the molecule is CCC(CC)n1ccc(CN(CCC#N)CCOC)n1. The molecule has 0 N–H and O–H groups in total. The zero-order valence-corrected chi connectivity index (χ0v) is 12.9. The Bertz CT molecular complexity index is 406. The topological polar surface area (TPSA) is 54.1 Å². The van der Waals surface area contributed by atoms with Gasteiger partial charge in [0.1, 0.15) is 0 Å². The molecule has 1 heterocycles. The number of hydrogen-bond donors (Lipinski definition) is 0. The summed E-state index contributed by atoms with van der Waals surface area (Å²) in [6.07, 6.45) is 4.79. The van der Waals surface area contributed by atoms with E-state index in [0.717, 1.165) is 38.2 Å². The highest BCUT2D eigenvalue weighted by molar-refractivity contribution is 5.00. The fourth-order valence-corrected chi connectivity index (χ4v) is 2.26. The van der Waals surface area contributed by atoms with Gasteiger partial charge >= 0.3 is 0 Å². The van der Waals surface area contributed by atoms with E-state index in [1.807, 2.05) is 0 Å². The van der Waals surface area contributed by atoms with Gasteiger partial charge in [-0.05, 0) is 18.9 Å². The van der Waals surface area contributed by atoms with Crippen LogP contribution >= 0.6 is 0 Å². The highest BCUT2D eigenvalue weighted by atomic mass is 16.5. The van der Waals surface area contributed by atoms with E-state index in [-0.39, 0.29) is 0 Å². The second-order valence-electron chi connectivity index (χ2n) is 4.93. The van der Waals surface area contributed by atoms with Crippen LogP contribution in [0.25, 0.3) is 0 Å². The lowest BCUT2D eigenvalue weighted by atomic mass is 10.2. The fraction of sp³-hybridized carbons (Fsp3) is 0.733. The molecule has 0 aliphatic heterocycles. The van der Waals surface area contributed by atoms with E-state index in [4.69, 9.17) is 10.00 Å². The lowest BCUT2D eigenvalue weighted by Crippen LogP contribution is -2.28. The van der Waals surface area contributed by atoms with Crippen molar-refractivity contribution in [3.8, 4) is 6.07 Å². The van der Waals surface area contributed by atoms with Gasteiger partial charge in [-0.15, -0.1) is 0 Å². The van der Waals surface area contributed by atoms with Gasteiger partial charge in [0.25, 0.3) is 0 Å². The number of methoxy groups -OCH3 is 1. The molecule has 112 valence electrons.